The number of aromatic nitrogens is 3. The third-order valence-electron chi connectivity index (χ3n) is 3.83. The molecule has 1 unspecified atom stereocenters. The minimum absolute atomic E-state index is 0.261. The minimum atomic E-state index is -0.916. The van der Waals surface area contributed by atoms with Gasteiger partial charge in [0, 0.05) is 24.2 Å². The van der Waals surface area contributed by atoms with Crippen LogP contribution in [0.2, 0.25) is 0 Å². The van der Waals surface area contributed by atoms with Crippen molar-refractivity contribution in [1.82, 2.24) is 14.8 Å². The number of Topliss-reactive ketones (excluding diaryl/α,β-unsaturated/α-hetero) is 1. The van der Waals surface area contributed by atoms with Gasteiger partial charge in [-0.3, -0.25) is 4.79 Å². The highest BCUT2D eigenvalue weighted by molar-refractivity contribution is 6.01. The van der Waals surface area contributed by atoms with E-state index in [4.69, 9.17) is 9.47 Å². The van der Waals surface area contributed by atoms with Crippen molar-refractivity contribution in [3.63, 3.8) is 0 Å². The van der Waals surface area contributed by atoms with Crippen molar-refractivity contribution in [2.24, 2.45) is 0 Å². The van der Waals surface area contributed by atoms with Crippen molar-refractivity contribution in [2.75, 3.05) is 6.61 Å². The Morgan fingerprint density at radius 1 is 1.11 bits per heavy atom. The van der Waals surface area contributed by atoms with Crippen LogP contribution in [-0.4, -0.2) is 39.2 Å². The van der Waals surface area contributed by atoms with Crippen LogP contribution in [0, 0.1) is 0 Å². The zero-order valence-electron chi connectivity index (χ0n) is 15.0. The van der Waals surface area contributed by atoms with E-state index in [1.165, 1.54) is 6.20 Å². The molecule has 0 fully saturated rings. The van der Waals surface area contributed by atoms with Gasteiger partial charge >= 0.3 is 5.97 Å². The number of hydrogen-bond acceptors (Lipinski definition) is 6. The van der Waals surface area contributed by atoms with E-state index in [1.54, 1.807) is 66.5 Å². The van der Waals surface area contributed by atoms with Crippen LogP contribution in [0.5, 0.6) is 5.75 Å². The molecule has 0 spiro atoms. The maximum absolute atomic E-state index is 12.4. The number of carbonyl (C=O) groups excluding carboxylic acids is 2. The average Bonchev–Trinajstić information content (AvgIpc) is 3.23. The van der Waals surface area contributed by atoms with Gasteiger partial charge < -0.3 is 9.47 Å². The number of benzene rings is 1. The van der Waals surface area contributed by atoms with Crippen molar-refractivity contribution in [3.8, 4) is 11.6 Å². The first kappa shape index (κ1) is 18.3. The monoisotopic (exact) mass is 365 g/mol. The topological polar surface area (TPSA) is 83.3 Å². The van der Waals surface area contributed by atoms with Crippen LogP contribution >= 0.6 is 0 Å². The van der Waals surface area contributed by atoms with Crippen LogP contribution in [0.4, 0.5) is 0 Å². The second kappa shape index (κ2) is 8.27. The molecule has 138 valence electrons. The van der Waals surface area contributed by atoms with Gasteiger partial charge in [-0.2, -0.15) is 5.10 Å². The van der Waals surface area contributed by atoms with Gasteiger partial charge in [0.1, 0.15) is 5.75 Å². The van der Waals surface area contributed by atoms with Gasteiger partial charge in [-0.1, -0.05) is 0 Å². The summed E-state index contributed by atoms with van der Waals surface area (Å²) < 4.78 is 12.2. The second-order valence-electron chi connectivity index (χ2n) is 5.72. The number of nitrogens with zero attached hydrogens (tertiary/aromatic N) is 3. The maximum atomic E-state index is 12.4. The van der Waals surface area contributed by atoms with E-state index in [9.17, 15) is 9.59 Å². The third-order valence-corrected chi connectivity index (χ3v) is 3.83. The molecule has 0 radical (unpaired) electrons. The Morgan fingerprint density at radius 3 is 2.44 bits per heavy atom. The molecule has 2 aromatic heterocycles. The van der Waals surface area contributed by atoms with Crippen LogP contribution in [0.3, 0.4) is 0 Å². The van der Waals surface area contributed by atoms with Crippen LogP contribution < -0.4 is 4.74 Å². The summed E-state index contributed by atoms with van der Waals surface area (Å²) in [6.07, 6.45) is 3.87. The lowest BCUT2D eigenvalue weighted by Crippen LogP contribution is -2.24. The number of ketones is 1. The Labute approximate surface area is 156 Å². The zero-order valence-corrected chi connectivity index (χ0v) is 15.0. The summed E-state index contributed by atoms with van der Waals surface area (Å²) in [5.41, 5.74) is 0.711. The number of pyridine rings is 1. The highest BCUT2D eigenvalue weighted by atomic mass is 16.5. The van der Waals surface area contributed by atoms with Gasteiger partial charge in [0.15, 0.2) is 11.9 Å². The Morgan fingerprint density at radius 2 is 1.85 bits per heavy atom. The fraction of sp³-hybridized carbons (Fsp3) is 0.200. The smallest absolute Gasteiger partial charge is 0.340 e. The summed E-state index contributed by atoms with van der Waals surface area (Å²) in [7, 11) is 0. The molecule has 2 heterocycles. The van der Waals surface area contributed by atoms with E-state index in [-0.39, 0.29) is 11.3 Å². The lowest BCUT2D eigenvalue weighted by Gasteiger charge is -2.13. The maximum Gasteiger partial charge on any atom is 0.340 e. The van der Waals surface area contributed by atoms with E-state index in [0.29, 0.717) is 23.7 Å². The fourth-order valence-corrected chi connectivity index (χ4v) is 2.45. The first-order valence-electron chi connectivity index (χ1n) is 8.52. The normalized spacial score (nSPS) is 11.6. The molecule has 0 saturated carbocycles. The van der Waals surface area contributed by atoms with Gasteiger partial charge in [0.05, 0.1) is 12.2 Å². The molecule has 1 atom stereocenters. The number of ether oxygens (including phenoxy) is 2. The Bertz CT molecular complexity index is 903. The molecule has 0 bridgehead atoms. The van der Waals surface area contributed by atoms with Crippen LogP contribution in [0.25, 0.3) is 5.82 Å². The molecule has 1 aromatic carbocycles. The van der Waals surface area contributed by atoms with E-state index < -0.39 is 12.1 Å². The van der Waals surface area contributed by atoms with Crippen molar-refractivity contribution in [1.29, 1.82) is 0 Å². The SMILES string of the molecule is CCOc1ccc(C(=O)C(C)OC(=O)c2ccc(-n3cccn3)nc2)cc1. The molecule has 0 amide bonds. The Kier molecular flexibility index (Phi) is 5.61. The Hall–Kier alpha value is -3.48. The van der Waals surface area contributed by atoms with Crippen molar-refractivity contribution in [2.45, 2.75) is 20.0 Å². The molecule has 7 heteroatoms. The molecule has 3 rings (SSSR count). The number of hydrogen-bond donors (Lipinski definition) is 0. The molecule has 0 N–H and O–H groups in total. The third kappa shape index (κ3) is 4.38. The van der Waals surface area contributed by atoms with Gasteiger partial charge in [-0.15, -0.1) is 0 Å². The summed E-state index contributed by atoms with van der Waals surface area (Å²) in [6, 6.07) is 11.7. The first-order valence-corrected chi connectivity index (χ1v) is 8.52. The molecule has 0 aliphatic heterocycles. The molecule has 7 nitrogen and oxygen atoms in total. The quantitative estimate of drug-likeness (QED) is 0.473. The summed E-state index contributed by atoms with van der Waals surface area (Å²) in [5.74, 6) is 0.367. The summed E-state index contributed by atoms with van der Waals surface area (Å²) in [4.78, 5) is 28.9. The van der Waals surface area contributed by atoms with Crippen molar-refractivity contribution < 1.29 is 19.1 Å². The summed E-state index contributed by atoms with van der Waals surface area (Å²) in [6.45, 7) is 3.98. The highest BCUT2D eigenvalue weighted by Crippen LogP contribution is 2.15. The predicted molar refractivity (Wildman–Crippen MR) is 98.2 cm³/mol. The molecule has 0 aliphatic carbocycles. The first-order chi connectivity index (χ1) is 13.1. The van der Waals surface area contributed by atoms with Gasteiger partial charge in [-0.05, 0) is 56.3 Å². The van der Waals surface area contributed by atoms with Crippen LogP contribution in [0.15, 0.2) is 61.1 Å². The minimum Gasteiger partial charge on any atom is -0.494 e. The zero-order chi connectivity index (χ0) is 19.2. The molecule has 0 saturated heterocycles. The van der Waals surface area contributed by atoms with Crippen LogP contribution in [0.1, 0.15) is 34.6 Å². The van der Waals surface area contributed by atoms with Crippen LogP contribution in [-0.2, 0) is 4.74 Å². The molecule has 0 aliphatic rings. The number of carbonyl (C=O) groups is 2. The van der Waals surface area contributed by atoms with Crippen molar-refractivity contribution in [3.05, 3.63) is 72.2 Å². The predicted octanol–water partition coefficient (Wildman–Crippen LogP) is 3.09. The number of esters is 1. The second-order valence-corrected chi connectivity index (χ2v) is 5.72. The van der Waals surface area contributed by atoms with Crippen molar-refractivity contribution >= 4 is 11.8 Å². The largest absolute Gasteiger partial charge is 0.494 e. The summed E-state index contributed by atoms with van der Waals surface area (Å²) in [5, 5.41) is 4.07. The average molecular weight is 365 g/mol. The van der Waals surface area contributed by atoms with E-state index in [0.717, 1.165) is 0 Å². The summed E-state index contributed by atoms with van der Waals surface area (Å²) >= 11 is 0. The fourth-order valence-electron chi connectivity index (χ4n) is 2.45. The molecular weight excluding hydrogens is 346 g/mol. The lowest BCUT2D eigenvalue weighted by atomic mass is 10.1. The standard InChI is InChI=1S/C20H19N3O4/c1-3-26-17-8-5-15(6-9-17)19(24)14(2)27-20(25)16-7-10-18(21-13-16)23-12-4-11-22-23/h4-14H,3H2,1-2H3. The molecular formula is C20H19N3O4. The van der Waals surface area contributed by atoms with Gasteiger partial charge in [0.2, 0.25) is 5.78 Å². The highest BCUT2D eigenvalue weighted by Gasteiger charge is 2.20. The molecule has 3 aromatic rings. The number of rotatable bonds is 7. The molecule has 27 heavy (non-hydrogen) atoms. The lowest BCUT2D eigenvalue weighted by molar-refractivity contribution is 0.0318. The van der Waals surface area contributed by atoms with E-state index >= 15 is 0 Å². The van der Waals surface area contributed by atoms with E-state index in [1.807, 2.05) is 6.92 Å². The van der Waals surface area contributed by atoms with Gasteiger partial charge in [-0.25, -0.2) is 14.5 Å². The van der Waals surface area contributed by atoms with Gasteiger partial charge in [0.25, 0.3) is 0 Å². The Balaban J connectivity index is 1.63. The van der Waals surface area contributed by atoms with E-state index in [2.05, 4.69) is 10.1 Å².